The summed E-state index contributed by atoms with van der Waals surface area (Å²) in [5.41, 5.74) is 8.98. The molecule has 128 valence electrons. The van der Waals surface area contributed by atoms with Crippen LogP contribution in [0.5, 0.6) is 0 Å². The molecule has 1 aromatic carbocycles. The second kappa shape index (κ2) is 6.60. The highest BCUT2D eigenvalue weighted by Gasteiger charge is 2.15. The number of primary amides is 1. The summed E-state index contributed by atoms with van der Waals surface area (Å²) < 4.78 is 1.58. The first kappa shape index (κ1) is 16.4. The molecule has 3 rings (SSSR count). The number of nitrogens with one attached hydrogen (secondary N) is 2. The number of aromatic nitrogens is 3. The Kier molecular flexibility index (Phi) is 4.34. The molecule has 0 atom stereocenters. The number of hydrogen-bond donors (Lipinski definition) is 3. The van der Waals surface area contributed by atoms with Crippen LogP contribution in [0.25, 0.3) is 16.9 Å². The number of carbonyl (C=O) groups is 2. The van der Waals surface area contributed by atoms with Crippen LogP contribution in [0.3, 0.4) is 0 Å². The fourth-order valence-electron chi connectivity index (χ4n) is 2.65. The topological polar surface area (TPSA) is 114 Å². The average molecular weight is 338 g/mol. The van der Waals surface area contributed by atoms with Crippen LogP contribution in [0, 0.1) is 6.92 Å². The first-order valence-electron chi connectivity index (χ1n) is 7.80. The first-order chi connectivity index (χ1) is 12.0. The van der Waals surface area contributed by atoms with Crippen LogP contribution < -0.4 is 16.4 Å². The lowest BCUT2D eigenvalue weighted by molar-refractivity contribution is 0.0999. The Balaban J connectivity index is 2.13. The molecular weight excluding hydrogens is 320 g/mol. The zero-order valence-electron chi connectivity index (χ0n) is 13.9. The predicted octanol–water partition coefficient (Wildman–Crippen LogP) is 1.95. The van der Waals surface area contributed by atoms with E-state index in [1.807, 2.05) is 19.9 Å². The minimum absolute atomic E-state index is 0.327. The van der Waals surface area contributed by atoms with Crippen molar-refractivity contribution in [3.63, 3.8) is 0 Å². The van der Waals surface area contributed by atoms with E-state index in [1.165, 1.54) is 0 Å². The molecule has 0 bridgehead atoms. The molecule has 0 unspecified atom stereocenters. The van der Waals surface area contributed by atoms with E-state index in [2.05, 4.69) is 20.7 Å². The zero-order valence-corrected chi connectivity index (χ0v) is 13.9. The molecule has 0 aliphatic heterocycles. The van der Waals surface area contributed by atoms with E-state index in [1.54, 1.807) is 35.1 Å². The molecule has 0 fully saturated rings. The van der Waals surface area contributed by atoms with Gasteiger partial charge in [0.1, 0.15) is 0 Å². The van der Waals surface area contributed by atoms with Gasteiger partial charge in [0, 0.05) is 30.1 Å². The Morgan fingerprint density at radius 1 is 1.32 bits per heavy atom. The van der Waals surface area contributed by atoms with Crippen molar-refractivity contribution in [3.05, 3.63) is 47.8 Å². The highest BCUT2D eigenvalue weighted by atomic mass is 16.2. The minimum atomic E-state index is -0.497. The van der Waals surface area contributed by atoms with Gasteiger partial charge in [0.2, 0.25) is 5.91 Å². The second-order valence-corrected chi connectivity index (χ2v) is 5.47. The highest BCUT2D eigenvalue weighted by Crippen LogP contribution is 2.27. The Labute approximate surface area is 144 Å². The highest BCUT2D eigenvalue weighted by molar-refractivity contribution is 5.97. The van der Waals surface area contributed by atoms with Crippen LogP contribution in [0.2, 0.25) is 0 Å². The van der Waals surface area contributed by atoms with E-state index in [0.717, 1.165) is 11.1 Å². The zero-order chi connectivity index (χ0) is 18.0. The van der Waals surface area contributed by atoms with E-state index < -0.39 is 5.91 Å². The van der Waals surface area contributed by atoms with Crippen molar-refractivity contribution >= 4 is 23.3 Å². The summed E-state index contributed by atoms with van der Waals surface area (Å²) in [6.45, 7) is 4.15. The van der Waals surface area contributed by atoms with Crippen molar-refractivity contribution in [2.75, 3.05) is 11.9 Å². The van der Waals surface area contributed by atoms with E-state index >= 15 is 0 Å². The molecule has 8 nitrogen and oxygen atoms in total. The SMILES string of the molecule is CCNC(=O)Nc1cc(-c2cccc(C(N)=O)c2C)nn2ccnc12. The summed E-state index contributed by atoms with van der Waals surface area (Å²) in [6.07, 6.45) is 3.29. The third-order valence-electron chi connectivity index (χ3n) is 3.82. The monoisotopic (exact) mass is 338 g/mol. The fraction of sp³-hybridized carbons (Fsp3) is 0.176. The van der Waals surface area contributed by atoms with E-state index in [0.29, 0.717) is 29.1 Å². The van der Waals surface area contributed by atoms with Crippen molar-refractivity contribution in [1.29, 1.82) is 0 Å². The number of anilines is 1. The molecule has 4 N–H and O–H groups in total. The van der Waals surface area contributed by atoms with Gasteiger partial charge < -0.3 is 16.4 Å². The number of nitrogens with two attached hydrogens (primary N) is 1. The normalized spacial score (nSPS) is 10.6. The van der Waals surface area contributed by atoms with Gasteiger partial charge in [0.25, 0.3) is 0 Å². The molecule has 3 aromatic rings. The van der Waals surface area contributed by atoms with Crippen molar-refractivity contribution in [1.82, 2.24) is 19.9 Å². The lowest BCUT2D eigenvalue weighted by Crippen LogP contribution is -2.28. The van der Waals surface area contributed by atoms with Gasteiger partial charge in [-0.05, 0) is 31.5 Å². The molecular formula is C17H18N6O2. The van der Waals surface area contributed by atoms with Crippen molar-refractivity contribution in [2.45, 2.75) is 13.8 Å². The number of benzene rings is 1. The average Bonchev–Trinajstić information content (AvgIpc) is 3.03. The Hall–Kier alpha value is -3.42. The number of urea groups is 1. The van der Waals surface area contributed by atoms with Crippen molar-refractivity contribution in [2.24, 2.45) is 5.73 Å². The van der Waals surface area contributed by atoms with Gasteiger partial charge in [-0.1, -0.05) is 12.1 Å². The quantitative estimate of drug-likeness (QED) is 0.674. The van der Waals surface area contributed by atoms with Crippen molar-refractivity contribution in [3.8, 4) is 11.3 Å². The van der Waals surface area contributed by atoms with Crippen LogP contribution in [-0.4, -0.2) is 33.1 Å². The smallest absolute Gasteiger partial charge is 0.319 e. The summed E-state index contributed by atoms with van der Waals surface area (Å²) in [4.78, 5) is 27.7. The van der Waals surface area contributed by atoms with Gasteiger partial charge in [-0.3, -0.25) is 4.79 Å². The van der Waals surface area contributed by atoms with Crippen LogP contribution >= 0.6 is 0 Å². The molecule has 3 amide bonds. The molecule has 0 saturated carbocycles. The van der Waals surface area contributed by atoms with E-state index in [-0.39, 0.29) is 6.03 Å². The number of nitrogens with zero attached hydrogens (tertiary/aromatic N) is 3. The molecule has 0 radical (unpaired) electrons. The maximum atomic E-state index is 11.9. The van der Waals surface area contributed by atoms with E-state index in [4.69, 9.17) is 5.73 Å². The Bertz CT molecular complexity index is 963. The maximum Gasteiger partial charge on any atom is 0.319 e. The summed E-state index contributed by atoms with van der Waals surface area (Å²) in [5, 5.41) is 9.96. The first-order valence-corrected chi connectivity index (χ1v) is 7.80. The third kappa shape index (κ3) is 3.14. The molecule has 2 heterocycles. The molecule has 8 heteroatoms. The summed E-state index contributed by atoms with van der Waals surface area (Å²) >= 11 is 0. The predicted molar refractivity (Wildman–Crippen MR) is 94.4 cm³/mol. The van der Waals surface area contributed by atoms with Crippen LogP contribution in [-0.2, 0) is 0 Å². The van der Waals surface area contributed by atoms with Crippen LogP contribution in [0.15, 0.2) is 36.7 Å². The summed E-state index contributed by atoms with van der Waals surface area (Å²) in [5.74, 6) is -0.497. The van der Waals surface area contributed by atoms with Crippen LogP contribution in [0.1, 0.15) is 22.8 Å². The summed E-state index contributed by atoms with van der Waals surface area (Å²) in [6, 6.07) is 6.67. The van der Waals surface area contributed by atoms with Crippen molar-refractivity contribution < 1.29 is 9.59 Å². The largest absolute Gasteiger partial charge is 0.366 e. The minimum Gasteiger partial charge on any atom is -0.366 e. The van der Waals surface area contributed by atoms with Gasteiger partial charge in [0.15, 0.2) is 5.65 Å². The Morgan fingerprint density at radius 2 is 2.12 bits per heavy atom. The van der Waals surface area contributed by atoms with Gasteiger partial charge in [-0.2, -0.15) is 5.10 Å². The maximum absolute atomic E-state index is 11.9. The molecule has 0 aliphatic rings. The Morgan fingerprint density at radius 3 is 2.84 bits per heavy atom. The van der Waals surface area contributed by atoms with Crippen LogP contribution in [0.4, 0.5) is 10.5 Å². The second-order valence-electron chi connectivity index (χ2n) is 5.47. The number of rotatable bonds is 4. The molecule has 0 saturated heterocycles. The summed E-state index contributed by atoms with van der Waals surface area (Å²) in [7, 11) is 0. The standard InChI is InChI=1S/C17H18N6O2/c1-3-19-17(25)21-14-9-13(22-23-8-7-20-16(14)23)11-5-4-6-12(10(11)2)15(18)24/h4-9H,3H2,1-2H3,(H2,18,24)(H2,19,21,25). The van der Waals surface area contributed by atoms with Gasteiger partial charge >= 0.3 is 6.03 Å². The number of fused-ring (bicyclic) bond motifs is 1. The van der Waals surface area contributed by atoms with Gasteiger partial charge in [-0.25, -0.2) is 14.3 Å². The molecule has 25 heavy (non-hydrogen) atoms. The molecule has 0 aliphatic carbocycles. The number of imidazole rings is 1. The number of carbonyl (C=O) groups excluding carboxylic acids is 2. The molecule has 0 spiro atoms. The number of amides is 3. The van der Waals surface area contributed by atoms with Gasteiger partial charge in [-0.15, -0.1) is 0 Å². The third-order valence-corrected chi connectivity index (χ3v) is 3.82. The number of hydrogen-bond acceptors (Lipinski definition) is 4. The van der Waals surface area contributed by atoms with E-state index in [9.17, 15) is 9.59 Å². The fourth-order valence-corrected chi connectivity index (χ4v) is 2.65. The lowest BCUT2D eigenvalue weighted by Gasteiger charge is -2.12. The lowest BCUT2D eigenvalue weighted by atomic mass is 9.99. The molecule has 2 aromatic heterocycles. The van der Waals surface area contributed by atoms with Gasteiger partial charge in [0.05, 0.1) is 11.4 Å².